The summed E-state index contributed by atoms with van der Waals surface area (Å²) in [4.78, 5) is 12.7. The second-order valence-electron chi connectivity index (χ2n) is 10.5. The zero-order valence-electron chi connectivity index (χ0n) is 20.5. The number of ether oxygens (including phenoxy) is 2. The van der Waals surface area contributed by atoms with E-state index in [0.717, 1.165) is 32.1 Å². The average Bonchev–Trinajstić information content (AvgIpc) is 3.73. The van der Waals surface area contributed by atoms with E-state index >= 15 is 0 Å². The molecule has 3 aliphatic rings. The number of benzene rings is 2. The lowest BCUT2D eigenvalue weighted by molar-refractivity contribution is 0.0188. The van der Waals surface area contributed by atoms with E-state index in [9.17, 15) is 22.4 Å². The summed E-state index contributed by atoms with van der Waals surface area (Å²) in [5.74, 6) is -4.27. The van der Waals surface area contributed by atoms with Crippen LogP contribution in [-0.4, -0.2) is 18.7 Å². The first kappa shape index (κ1) is 25.2. The molecule has 5 rings (SSSR count). The van der Waals surface area contributed by atoms with E-state index in [2.05, 4.69) is 6.92 Å². The Morgan fingerprint density at radius 1 is 0.778 bits per heavy atom. The van der Waals surface area contributed by atoms with E-state index in [1.54, 1.807) is 12.1 Å². The summed E-state index contributed by atoms with van der Waals surface area (Å²) in [5.41, 5.74) is 0.505. The Hall–Kier alpha value is -2.41. The first-order valence-corrected chi connectivity index (χ1v) is 13.2. The number of hydrogen-bond acceptors (Lipinski definition) is 3. The van der Waals surface area contributed by atoms with Gasteiger partial charge in [-0.05, 0) is 86.3 Å². The molecule has 3 nitrogen and oxygen atoms in total. The highest BCUT2D eigenvalue weighted by Gasteiger charge is 2.33. The zero-order chi connectivity index (χ0) is 25.4. The highest BCUT2D eigenvalue weighted by Crippen LogP contribution is 2.41. The van der Waals surface area contributed by atoms with Gasteiger partial charge < -0.3 is 9.47 Å². The Morgan fingerprint density at radius 3 is 1.86 bits per heavy atom. The van der Waals surface area contributed by atoms with Crippen LogP contribution in [-0.2, 0) is 9.47 Å². The van der Waals surface area contributed by atoms with Crippen LogP contribution in [0, 0.1) is 29.2 Å². The minimum Gasteiger partial charge on any atom is -0.459 e. The standard InChI is InChI=1S/C29H32F4O3/c1-2-16-3-5-17(6-4-16)21-12-14-23(28(33)26(21)31)29(34)36-19-9-7-18(8-10-19)20-11-13-22(24-15-35-24)27(32)25(20)30/h11-14,16-19,24H,2-10,15H2,1H3. The van der Waals surface area contributed by atoms with Gasteiger partial charge in [-0.15, -0.1) is 0 Å². The molecule has 194 valence electrons. The SMILES string of the molecule is CCC1CCC(c2ccc(C(=O)OC3CCC(c4ccc(C5CO5)c(F)c4F)CC3)c(F)c2F)CC1. The van der Waals surface area contributed by atoms with E-state index in [0.29, 0.717) is 49.3 Å². The summed E-state index contributed by atoms with van der Waals surface area (Å²) in [6.07, 6.45) is 5.80. The van der Waals surface area contributed by atoms with Gasteiger partial charge in [0.15, 0.2) is 23.3 Å². The molecule has 0 bridgehead atoms. The zero-order valence-corrected chi connectivity index (χ0v) is 20.5. The van der Waals surface area contributed by atoms with Crippen molar-refractivity contribution in [3.05, 3.63) is 69.8 Å². The molecule has 2 aromatic carbocycles. The number of esters is 1. The number of carbonyl (C=O) groups excluding carboxylic acids is 1. The summed E-state index contributed by atoms with van der Waals surface area (Å²) >= 11 is 0. The van der Waals surface area contributed by atoms with Crippen LogP contribution in [0.1, 0.15) is 110 Å². The molecule has 1 aliphatic heterocycles. The molecule has 0 spiro atoms. The van der Waals surface area contributed by atoms with Crippen molar-refractivity contribution in [3.8, 4) is 0 Å². The summed E-state index contributed by atoms with van der Waals surface area (Å²) in [6.45, 7) is 2.55. The highest BCUT2D eigenvalue weighted by molar-refractivity contribution is 5.90. The first-order chi connectivity index (χ1) is 17.4. The van der Waals surface area contributed by atoms with Crippen molar-refractivity contribution < 1.29 is 31.8 Å². The molecule has 0 aromatic heterocycles. The monoisotopic (exact) mass is 504 g/mol. The van der Waals surface area contributed by atoms with E-state index < -0.39 is 40.9 Å². The number of halogens is 4. The smallest absolute Gasteiger partial charge is 0.341 e. The van der Waals surface area contributed by atoms with Gasteiger partial charge >= 0.3 is 5.97 Å². The fourth-order valence-electron chi connectivity index (χ4n) is 6.00. The largest absolute Gasteiger partial charge is 0.459 e. The molecule has 1 unspecified atom stereocenters. The molecule has 0 radical (unpaired) electrons. The highest BCUT2D eigenvalue weighted by atomic mass is 19.2. The Bertz CT molecular complexity index is 1110. The minimum absolute atomic E-state index is 0.0289. The molecule has 2 aromatic rings. The topological polar surface area (TPSA) is 38.8 Å². The molecule has 0 amide bonds. The van der Waals surface area contributed by atoms with Crippen LogP contribution >= 0.6 is 0 Å². The third-order valence-electron chi connectivity index (χ3n) is 8.41. The fourth-order valence-corrected chi connectivity index (χ4v) is 6.00. The molecule has 7 heteroatoms. The lowest BCUT2D eigenvalue weighted by Crippen LogP contribution is -2.25. The predicted molar refractivity (Wildman–Crippen MR) is 127 cm³/mol. The molecule has 2 aliphatic carbocycles. The van der Waals surface area contributed by atoms with Crippen molar-refractivity contribution in [3.63, 3.8) is 0 Å². The van der Waals surface area contributed by atoms with Crippen molar-refractivity contribution in [2.45, 2.75) is 88.8 Å². The minimum atomic E-state index is -1.15. The van der Waals surface area contributed by atoms with Gasteiger partial charge in [0.1, 0.15) is 12.2 Å². The van der Waals surface area contributed by atoms with Crippen molar-refractivity contribution in [2.24, 2.45) is 5.92 Å². The Labute approximate surface area is 209 Å². The molecule has 1 atom stereocenters. The maximum Gasteiger partial charge on any atom is 0.341 e. The molecular formula is C29H32F4O3. The maximum absolute atomic E-state index is 14.9. The van der Waals surface area contributed by atoms with Crippen molar-refractivity contribution >= 4 is 5.97 Å². The second kappa shape index (κ2) is 10.5. The third kappa shape index (κ3) is 5.04. The van der Waals surface area contributed by atoms with E-state index in [4.69, 9.17) is 9.47 Å². The number of carbonyl (C=O) groups is 1. The Morgan fingerprint density at radius 2 is 1.28 bits per heavy atom. The number of rotatable bonds is 6. The Kier molecular flexibility index (Phi) is 7.38. The number of epoxide rings is 1. The molecule has 1 heterocycles. The van der Waals surface area contributed by atoms with Crippen LogP contribution in [0.3, 0.4) is 0 Å². The third-order valence-corrected chi connectivity index (χ3v) is 8.41. The number of hydrogen-bond donors (Lipinski definition) is 0. The molecule has 1 saturated heterocycles. The van der Waals surface area contributed by atoms with E-state index in [1.165, 1.54) is 12.1 Å². The van der Waals surface area contributed by atoms with E-state index in [1.807, 2.05) is 0 Å². The first-order valence-electron chi connectivity index (χ1n) is 13.2. The summed E-state index contributed by atoms with van der Waals surface area (Å²) in [6, 6.07) is 6.04. The maximum atomic E-state index is 14.9. The van der Waals surface area contributed by atoms with Crippen LogP contribution in [0.15, 0.2) is 24.3 Å². The molecule has 3 fully saturated rings. The summed E-state index contributed by atoms with van der Waals surface area (Å²) < 4.78 is 69.4. The molecule has 36 heavy (non-hydrogen) atoms. The second-order valence-corrected chi connectivity index (χ2v) is 10.5. The lowest BCUT2D eigenvalue weighted by Gasteiger charge is -2.29. The van der Waals surface area contributed by atoms with Crippen LogP contribution < -0.4 is 0 Å². The van der Waals surface area contributed by atoms with Gasteiger partial charge in [0, 0.05) is 5.56 Å². The quantitative estimate of drug-likeness (QED) is 0.228. The van der Waals surface area contributed by atoms with Crippen LogP contribution in [0.4, 0.5) is 17.6 Å². The van der Waals surface area contributed by atoms with Crippen LogP contribution in [0.2, 0.25) is 0 Å². The average molecular weight is 505 g/mol. The van der Waals surface area contributed by atoms with Gasteiger partial charge in [0.25, 0.3) is 0 Å². The van der Waals surface area contributed by atoms with Crippen LogP contribution in [0.5, 0.6) is 0 Å². The van der Waals surface area contributed by atoms with Gasteiger partial charge in [-0.3, -0.25) is 0 Å². The van der Waals surface area contributed by atoms with Crippen molar-refractivity contribution in [2.75, 3.05) is 6.61 Å². The Balaban J connectivity index is 1.19. The van der Waals surface area contributed by atoms with Gasteiger partial charge in [0.2, 0.25) is 0 Å². The predicted octanol–water partition coefficient (Wildman–Crippen LogP) is 7.88. The molecule has 0 N–H and O–H groups in total. The molecule has 2 saturated carbocycles. The summed E-state index contributed by atoms with van der Waals surface area (Å²) in [7, 11) is 0. The van der Waals surface area contributed by atoms with Gasteiger partial charge in [0.05, 0.1) is 12.2 Å². The summed E-state index contributed by atoms with van der Waals surface area (Å²) in [5, 5.41) is 0. The van der Waals surface area contributed by atoms with Crippen molar-refractivity contribution in [1.82, 2.24) is 0 Å². The molecular weight excluding hydrogens is 472 g/mol. The van der Waals surface area contributed by atoms with Crippen molar-refractivity contribution in [1.29, 1.82) is 0 Å². The van der Waals surface area contributed by atoms with Gasteiger partial charge in [-0.2, -0.15) is 0 Å². The van der Waals surface area contributed by atoms with Gasteiger partial charge in [-0.1, -0.05) is 31.5 Å². The lowest BCUT2D eigenvalue weighted by atomic mass is 9.77. The van der Waals surface area contributed by atoms with E-state index in [-0.39, 0.29) is 23.5 Å². The van der Waals surface area contributed by atoms with Crippen LogP contribution in [0.25, 0.3) is 0 Å². The van der Waals surface area contributed by atoms with Gasteiger partial charge in [-0.25, -0.2) is 22.4 Å². The normalized spacial score (nSPS) is 28.1. The fraction of sp³-hybridized carbons (Fsp3) is 0.552.